The Balaban J connectivity index is 0.000000106. The van der Waals surface area contributed by atoms with E-state index in [0.717, 1.165) is 11.4 Å². The molecule has 0 saturated carbocycles. The second-order valence-electron chi connectivity index (χ2n) is 33.8. The molecular formula is C124H81N5S. The van der Waals surface area contributed by atoms with E-state index >= 15 is 0 Å². The van der Waals surface area contributed by atoms with Gasteiger partial charge in [0.2, 0.25) is 0 Å². The number of thiophene rings is 1. The molecule has 27 rings (SSSR count). The average molecular weight is 1670 g/mol. The van der Waals surface area contributed by atoms with Crippen LogP contribution in [0.5, 0.6) is 0 Å². The summed E-state index contributed by atoms with van der Waals surface area (Å²) in [4.78, 5) is 0. The summed E-state index contributed by atoms with van der Waals surface area (Å²) >= 11 is 1.89. The van der Waals surface area contributed by atoms with Crippen LogP contribution in [0, 0.1) is 0 Å². The van der Waals surface area contributed by atoms with Crippen LogP contribution in [-0.2, 0) is 0 Å². The van der Waals surface area contributed by atoms with Gasteiger partial charge in [0.25, 0.3) is 0 Å². The fourth-order valence-electron chi connectivity index (χ4n) is 20.4. The molecule has 0 fully saturated rings. The van der Waals surface area contributed by atoms with E-state index in [2.05, 4.69) is 514 Å². The zero-order chi connectivity index (χ0) is 85.7. The first-order valence-electron chi connectivity index (χ1n) is 44.6. The summed E-state index contributed by atoms with van der Waals surface area (Å²) in [7, 11) is 0. The molecule has 6 heteroatoms. The smallest absolute Gasteiger partial charge is 0.0547 e. The molecule has 27 aromatic rings. The van der Waals surface area contributed by atoms with Crippen molar-refractivity contribution in [2.75, 3.05) is 0 Å². The maximum Gasteiger partial charge on any atom is 0.0547 e. The molecule has 0 radical (unpaired) electrons. The van der Waals surface area contributed by atoms with Gasteiger partial charge in [-0.25, -0.2) is 0 Å². The van der Waals surface area contributed by atoms with Crippen molar-refractivity contribution in [3.8, 4) is 95.2 Å². The molecule has 0 saturated heterocycles. The Morgan fingerprint density at radius 2 is 0.400 bits per heavy atom. The maximum atomic E-state index is 2.42. The first-order chi connectivity index (χ1) is 64.5. The van der Waals surface area contributed by atoms with E-state index < -0.39 is 0 Å². The molecule has 0 atom stereocenters. The van der Waals surface area contributed by atoms with E-state index in [0.29, 0.717) is 0 Å². The van der Waals surface area contributed by atoms with E-state index in [4.69, 9.17) is 0 Å². The highest BCUT2D eigenvalue weighted by Gasteiger charge is 2.22. The van der Waals surface area contributed by atoms with Crippen molar-refractivity contribution in [1.82, 2.24) is 22.8 Å². The van der Waals surface area contributed by atoms with Crippen molar-refractivity contribution in [3.63, 3.8) is 0 Å². The third kappa shape index (κ3) is 13.0. The summed E-state index contributed by atoms with van der Waals surface area (Å²) in [5, 5.41) is 17.9. The van der Waals surface area contributed by atoms with Crippen molar-refractivity contribution >= 4 is 151 Å². The van der Waals surface area contributed by atoms with Gasteiger partial charge in [-0.05, 0) is 241 Å². The predicted molar refractivity (Wildman–Crippen MR) is 554 cm³/mol. The van der Waals surface area contributed by atoms with Gasteiger partial charge in [0.1, 0.15) is 0 Å². The van der Waals surface area contributed by atoms with E-state index in [1.807, 2.05) is 11.3 Å². The SMILES string of the molecule is c1cc(-c2cccc(-n3c4ccccc4c4cc5ccccc5cc43)c2)cc(-c2cccc3c2sc2ccccc23)c1.c1ccc(-c2ccc(-n3c4ccccc4c4cc(-c5ccc6c(c5)c5ccccc5n6-c5cccc(-c6ccccc6)c5)ccc43)cc2)cc1.c1ccc(-n2c3ccccc3c3cc(-c4ccc5c(c4)c4ccccc4n5-c4ccccc4)ccc32)cc1. The van der Waals surface area contributed by atoms with Crippen LogP contribution in [-0.4, -0.2) is 22.8 Å². The number of para-hydroxylation sites is 7. The Morgan fingerprint density at radius 3 is 0.854 bits per heavy atom. The molecule has 130 heavy (non-hydrogen) atoms. The van der Waals surface area contributed by atoms with E-state index in [1.54, 1.807) is 0 Å². The zero-order valence-electron chi connectivity index (χ0n) is 70.9. The molecule has 5 nitrogen and oxygen atoms in total. The maximum absolute atomic E-state index is 2.42. The van der Waals surface area contributed by atoms with Crippen LogP contribution in [0.1, 0.15) is 0 Å². The number of fused-ring (bicyclic) bond motifs is 19. The number of nitrogens with zero attached hydrogens (tertiary/aromatic N) is 5. The minimum Gasteiger partial charge on any atom is -0.309 e. The lowest BCUT2D eigenvalue weighted by Gasteiger charge is -2.12. The molecule has 0 N–H and O–H groups in total. The highest BCUT2D eigenvalue weighted by molar-refractivity contribution is 7.26. The fraction of sp³-hybridized carbons (Fsp3) is 0. The number of hydrogen-bond acceptors (Lipinski definition) is 1. The highest BCUT2D eigenvalue weighted by atomic mass is 32.1. The topological polar surface area (TPSA) is 24.6 Å². The monoisotopic (exact) mass is 1670 g/mol. The quantitative estimate of drug-likeness (QED) is 0.123. The molecule has 0 bridgehead atoms. The highest BCUT2D eigenvalue weighted by Crippen LogP contribution is 2.46. The Hall–Kier alpha value is -16.9. The largest absolute Gasteiger partial charge is 0.309 e. The van der Waals surface area contributed by atoms with Gasteiger partial charge in [0, 0.05) is 102 Å². The van der Waals surface area contributed by atoms with E-state index in [9.17, 15) is 0 Å². The number of benzene rings is 21. The average Bonchev–Trinajstić information content (AvgIpc) is 1.59. The van der Waals surface area contributed by atoms with Gasteiger partial charge in [-0.2, -0.15) is 0 Å². The van der Waals surface area contributed by atoms with Crippen molar-refractivity contribution in [2.45, 2.75) is 0 Å². The van der Waals surface area contributed by atoms with Gasteiger partial charge < -0.3 is 22.8 Å². The van der Waals surface area contributed by atoms with Gasteiger partial charge >= 0.3 is 0 Å². The molecule has 0 amide bonds. The standard InChI is InChI=1S/C48H32N2.C40H25NS.C36H24N2/c1-3-12-33(13-4-1)35-22-26-39(27-23-35)49-45-20-9-7-18-41(45)43-31-37(24-28-47(43)49)38-25-29-48-44(32-38)42-19-8-10-21-46(42)50(48)40-17-11-16-36(30-40)34-14-5-2-6-15-34;1-2-11-29-25-38-36(24-28(29)10-1)33-16-3-5-20-37(33)41(38)31-15-8-13-27(23-31)26-12-7-14-30(22-26)32-18-9-19-35-34-17-4-6-21-39(34)42-40(32)35;1-3-11-27(12-4-1)37-33-17-9-7-15-29(33)31-23-25(19-21-35(31)37)26-20-22-36-32(24-26)30-16-8-10-18-34(30)38(36)28-13-5-2-6-14-28/h1-32H;1-25H;1-24H. The lowest BCUT2D eigenvalue weighted by atomic mass is 9.97. The lowest BCUT2D eigenvalue weighted by Crippen LogP contribution is -1.94. The fourth-order valence-corrected chi connectivity index (χ4v) is 21.6. The van der Waals surface area contributed by atoms with Crippen molar-refractivity contribution in [1.29, 1.82) is 0 Å². The van der Waals surface area contributed by atoms with Gasteiger partial charge in [0.05, 0.1) is 55.2 Å². The Labute approximate surface area is 755 Å². The first kappa shape index (κ1) is 75.6. The molecule has 608 valence electrons. The molecule has 0 unspecified atom stereocenters. The molecule has 6 aromatic heterocycles. The van der Waals surface area contributed by atoms with Gasteiger partial charge in [-0.1, -0.05) is 328 Å². The minimum absolute atomic E-state index is 1.16. The number of hydrogen-bond donors (Lipinski definition) is 0. The molecule has 21 aromatic carbocycles. The summed E-state index contributed by atoms with van der Waals surface area (Å²) in [6.07, 6.45) is 0. The van der Waals surface area contributed by atoms with Crippen LogP contribution in [0.2, 0.25) is 0 Å². The first-order valence-corrected chi connectivity index (χ1v) is 45.4. The van der Waals surface area contributed by atoms with Crippen molar-refractivity contribution in [2.24, 2.45) is 0 Å². The lowest BCUT2D eigenvalue weighted by molar-refractivity contribution is 1.18. The number of rotatable bonds is 11. The van der Waals surface area contributed by atoms with Crippen molar-refractivity contribution < 1.29 is 0 Å². The molecule has 0 aliphatic carbocycles. The summed E-state index contributed by atoms with van der Waals surface area (Å²) in [5.41, 5.74) is 32.8. The van der Waals surface area contributed by atoms with Crippen molar-refractivity contribution in [3.05, 3.63) is 491 Å². The van der Waals surface area contributed by atoms with Crippen LogP contribution < -0.4 is 0 Å². The Morgan fingerprint density at radius 1 is 0.131 bits per heavy atom. The molecule has 0 aliphatic heterocycles. The molecule has 0 aliphatic rings. The normalized spacial score (nSPS) is 11.7. The van der Waals surface area contributed by atoms with Crippen LogP contribution in [0.25, 0.3) is 235 Å². The molecule has 0 spiro atoms. The summed E-state index contributed by atoms with van der Waals surface area (Å²) < 4.78 is 14.6. The minimum atomic E-state index is 1.16. The van der Waals surface area contributed by atoms with Crippen LogP contribution in [0.4, 0.5) is 0 Å². The van der Waals surface area contributed by atoms with Gasteiger partial charge in [-0.3, -0.25) is 0 Å². The Bertz CT molecular complexity index is 8940. The third-order valence-electron chi connectivity index (χ3n) is 26.4. The van der Waals surface area contributed by atoms with E-state index in [-0.39, 0.29) is 0 Å². The Kier molecular flexibility index (Phi) is 18.4. The summed E-state index contributed by atoms with van der Waals surface area (Å²) in [6.45, 7) is 0. The predicted octanol–water partition coefficient (Wildman–Crippen LogP) is 34.1. The second-order valence-corrected chi connectivity index (χ2v) is 34.9. The third-order valence-corrected chi connectivity index (χ3v) is 27.6. The van der Waals surface area contributed by atoms with E-state index in [1.165, 1.54) is 224 Å². The van der Waals surface area contributed by atoms with Crippen LogP contribution in [0.15, 0.2) is 491 Å². The van der Waals surface area contributed by atoms with Crippen LogP contribution >= 0.6 is 11.3 Å². The van der Waals surface area contributed by atoms with Crippen LogP contribution in [0.3, 0.4) is 0 Å². The molecule has 6 heterocycles. The zero-order valence-corrected chi connectivity index (χ0v) is 71.7. The number of aromatic nitrogens is 5. The second kappa shape index (κ2) is 31.6. The summed E-state index contributed by atoms with van der Waals surface area (Å²) in [5.74, 6) is 0. The van der Waals surface area contributed by atoms with Gasteiger partial charge in [-0.15, -0.1) is 11.3 Å². The van der Waals surface area contributed by atoms with Gasteiger partial charge in [0.15, 0.2) is 0 Å². The molecular weight excluding hydrogens is 1590 g/mol. The summed E-state index contributed by atoms with van der Waals surface area (Å²) in [6, 6.07) is 178.